The summed E-state index contributed by atoms with van der Waals surface area (Å²) >= 11 is 5.58. The van der Waals surface area contributed by atoms with E-state index in [4.69, 9.17) is 16.3 Å². The maximum absolute atomic E-state index is 13.4. The molecule has 136 valence electrons. The Kier molecular flexibility index (Phi) is 4.64. The number of hydrogen-bond acceptors (Lipinski definition) is 4. The first-order valence-corrected chi connectivity index (χ1v) is 8.45. The number of carboxylic acid groups (broad SMARTS) is 1. The Balaban J connectivity index is 1.60. The maximum atomic E-state index is 13.4. The van der Waals surface area contributed by atoms with Crippen molar-refractivity contribution in [2.24, 2.45) is 5.41 Å². The Morgan fingerprint density at radius 2 is 2.00 bits per heavy atom. The second-order valence-corrected chi connectivity index (χ2v) is 7.28. The normalized spacial score (nSPS) is 30.8. The first kappa shape index (κ1) is 17.9. The van der Waals surface area contributed by atoms with Gasteiger partial charge < -0.3 is 20.3 Å². The highest BCUT2D eigenvalue weighted by Crippen LogP contribution is 2.52. The Morgan fingerprint density at radius 1 is 1.32 bits per heavy atom. The van der Waals surface area contributed by atoms with Crippen LogP contribution in [0.25, 0.3) is 0 Å². The fourth-order valence-electron chi connectivity index (χ4n) is 3.82. The van der Waals surface area contributed by atoms with Gasteiger partial charge in [-0.3, -0.25) is 9.59 Å². The number of benzene rings is 1. The van der Waals surface area contributed by atoms with Crippen molar-refractivity contribution in [3.05, 3.63) is 29.0 Å². The number of fused-ring (bicyclic) bond motifs is 3. The Labute approximate surface area is 148 Å². The number of rotatable bonds is 5. The standard InChI is InChI=1S/C17H19ClFNO5/c18-11-2-1-10(7-12(11)19)25-9-14(22)20-17-5-3-16(4-6-17,15(23)24)8-13(17)21/h1-2,7,13,21H,3-6,8-9H2,(H,20,22)(H,23,24). The molecule has 1 amide bonds. The Morgan fingerprint density at radius 3 is 2.56 bits per heavy atom. The van der Waals surface area contributed by atoms with Crippen LogP contribution in [0.3, 0.4) is 0 Å². The van der Waals surface area contributed by atoms with E-state index in [1.165, 1.54) is 12.1 Å². The van der Waals surface area contributed by atoms with Gasteiger partial charge in [-0.05, 0) is 44.2 Å². The quantitative estimate of drug-likeness (QED) is 0.736. The van der Waals surface area contributed by atoms with Crippen LogP contribution in [-0.2, 0) is 9.59 Å². The fourth-order valence-corrected chi connectivity index (χ4v) is 3.93. The van der Waals surface area contributed by atoms with E-state index in [9.17, 15) is 24.2 Å². The number of hydrogen-bond donors (Lipinski definition) is 3. The fraction of sp³-hybridized carbons (Fsp3) is 0.529. The van der Waals surface area contributed by atoms with Gasteiger partial charge in [-0.2, -0.15) is 0 Å². The lowest BCUT2D eigenvalue weighted by molar-refractivity contribution is -0.166. The molecule has 8 heteroatoms. The van der Waals surface area contributed by atoms with Crippen molar-refractivity contribution < 1.29 is 28.9 Å². The molecule has 0 aliphatic heterocycles. The number of ether oxygens (including phenoxy) is 1. The van der Waals surface area contributed by atoms with Crippen LogP contribution in [0, 0.1) is 11.2 Å². The summed E-state index contributed by atoms with van der Waals surface area (Å²) in [6, 6.07) is 3.87. The minimum atomic E-state index is -0.914. The molecule has 0 aromatic heterocycles. The maximum Gasteiger partial charge on any atom is 0.309 e. The molecular formula is C17H19ClFNO5. The van der Waals surface area contributed by atoms with Gasteiger partial charge in [-0.25, -0.2) is 4.39 Å². The minimum Gasteiger partial charge on any atom is -0.484 e. The first-order chi connectivity index (χ1) is 11.8. The number of aliphatic carboxylic acids is 1. The number of nitrogens with one attached hydrogen (secondary N) is 1. The predicted octanol–water partition coefficient (Wildman–Crippen LogP) is 2.12. The van der Waals surface area contributed by atoms with Crippen molar-refractivity contribution in [2.75, 3.05) is 6.61 Å². The minimum absolute atomic E-state index is 0.0369. The van der Waals surface area contributed by atoms with Crippen molar-refractivity contribution in [3.63, 3.8) is 0 Å². The average molecular weight is 372 g/mol. The molecule has 25 heavy (non-hydrogen) atoms. The molecule has 1 aromatic rings. The van der Waals surface area contributed by atoms with Crippen LogP contribution in [0.2, 0.25) is 5.02 Å². The van der Waals surface area contributed by atoms with Gasteiger partial charge >= 0.3 is 5.97 Å². The third kappa shape index (κ3) is 3.30. The Hall–Kier alpha value is -1.86. The highest BCUT2D eigenvalue weighted by molar-refractivity contribution is 6.30. The molecule has 1 atom stereocenters. The largest absolute Gasteiger partial charge is 0.484 e. The van der Waals surface area contributed by atoms with E-state index in [2.05, 4.69) is 5.32 Å². The van der Waals surface area contributed by atoms with Crippen LogP contribution < -0.4 is 10.1 Å². The topological polar surface area (TPSA) is 95.9 Å². The molecule has 0 heterocycles. The summed E-state index contributed by atoms with van der Waals surface area (Å²) in [6.45, 7) is -0.334. The molecule has 3 saturated carbocycles. The van der Waals surface area contributed by atoms with Crippen LogP contribution in [0.15, 0.2) is 18.2 Å². The third-order valence-electron chi connectivity index (χ3n) is 5.42. The molecule has 3 aliphatic rings. The van der Waals surface area contributed by atoms with Crippen molar-refractivity contribution in [2.45, 2.75) is 43.7 Å². The van der Waals surface area contributed by atoms with E-state index >= 15 is 0 Å². The number of amides is 1. The number of carbonyl (C=O) groups is 2. The van der Waals surface area contributed by atoms with Crippen molar-refractivity contribution in [1.29, 1.82) is 0 Å². The highest BCUT2D eigenvalue weighted by Gasteiger charge is 2.58. The SMILES string of the molecule is O=C(COc1ccc(Cl)c(F)c1)NC12CCC(C(=O)O)(CC1)CC2O. The lowest BCUT2D eigenvalue weighted by atomic mass is 9.56. The van der Waals surface area contributed by atoms with Crippen molar-refractivity contribution in [3.8, 4) is 5.75 Å². The Bertz CT molecular complexity index is 702. The summed E-state index contributed by atoms with van der Waals surface area (Å²) in [5, 5.41) is 22.5. The second-order valence-electron chi connectivity index (χ2n) is 6.87. The van der Waals surface area contributed by atoms with Gasteiger partial charge in [0.2, 0.25) is 0 Å². The molecule has 2 bridgehead atoms. The summed E-state index contributed by atoms with van der Waals surface area (Å²) in [4.78, 5) is 23.7. The van der Waals surface area contributed by atoms with Gasteiger partial charge in [-0.15, -0.1) is 0 Å². The van der Waals surface area contributed by atoms with Crippen LogP contribution in [0.5, 0.6) is 5.75 Å². The van der Waals surface area contributed by atoms with Gasteiger partial charge in [0.25, 0.3) is 5.91 Å². The molecule has 0 saturated heterocycles. The zero-order chi connectivity index (χ0) is 18.2. The predicted molar refractivity (Wildman–Crippen MR) is 86.9 cm³/mol. The van der Waals surface area contributed by atoms with Crippen molar-refractivity contribution >= 4 is 23.5 Å². The van der Waals surface area contributed by atoms with E-state index in [0.717, 1.165) is 6.07 Å². The molecule has 0 spiro atoms. The number of halogens is 2. The zero-order valence-electron chi connectivity index (χ0n) is 13.4. The lowest BCUT2D eigenvalue weighted by Gasteiger charge is -2.54. The van der Waals surface area contributed by atoms with Crippen molar-refractivity contribution in [1.82, 2.24) is 5.32 Å². The van der Waals surface area contributed by atoms with Gasteiger partial charge in [0.1, 0.15) is 11.6 Å². The van der Waals surface area contributed by atoms with Crippen LogP contribution in [0.4, 0.5) is 4.39 Å². The highest BCUT2D eigenvalue weighted by atomic mass is 35.5. The number of aliphatic hydroxyl groups excluding tert-OH is 1. The van der Waals surface area contributed by atoms with Gasteiger partial charge in [0, 0.05) is 6.07 Å². The van der Waals surface area contributed by atoms with E-state index in [-0.39, 0.29) is 23.8 Å². The number of aliphatic hydroxyl groups is 1. The molecule has 3 fully saturated rings. The average Bonchev–Trinajstić information content (AvgIpc) is 2.57. The molecule has 0 radical (unpaired) electrons. The molecule has 1 aromatic carbocycles. The van der Waals surface area contributed by atoms with E-state index in [1.54, 1.807) is 0 Å². The smallest absolute Gasteiger partial charge is 0.309 e. The molecular weight excluding hydrogens is 353 g/mol. The number of carboxylic acids is 1. The molecule has 6 nitrogen and oxygen atoms in total. The van der Waals surface area contributed by atoms with Crippen LogP contribution in [0.1, 0.15) is 32.1 Å². The number of carbonyl (C=O) groups excluding carboxylic acids is 1. The summed E-state index contributed by atoms with van der Waals surface area (Å²) in [7, 11) is 0. The van der Waals surface area contributed by atoms with Gasteiger partial charge in [-0.1, -0.05) is 11.6 Å². The summed E-state index contributed by atoms with van der Waals surface area (Å²) in [6.07, 6.45) is 0.865. The van der Waals surface area contributed by atoms with Crippen LogP contribution in [-0.4, -0.2) is 40.3 Å². The summed E-state index contributed by atoms with van der Waals surface area (Å²) in [5.74, 6) is -1.80. The molecule has 4 rings (SSSR count). The summed E-state index contributed by atoms with van der Waals surface area (Å²) in [5.41, 5.74) is -1.70. The van der Waals surface area contributed by atoms with Crippen LogP contribution >= 0.6 is 11.6 Å². The second kappa shape index (κ2) is 6.46. The monoisotopic (exact) mass is 371 g/mol. The van der Waals surface area contributed by atoms with E-state index in [1.807, 2.05) is 0 Å². The molecule has 1 unspecified atom stereocenters. The van der Waals surface area contributed by atoms with E-state index in [0.29, 0.717) is 25.7 Å². The summed E-state index contributed by atoms with van der Waals surface area (Å²) < 4.78 is 18.6. The van der Waals surface area contributed by atoms with Gasteiger partial charge in [0.15, 0.2) is 6.61 Å². The third-order valence-corrected chi connectivity index (χ3v) is 5.73. The first-order valence-electron chi connectivity index (χ1n) is 8.07. The molecule has 3 aliphatic carbocycles. The van der Waals surface area contributed by atoms with Gasteiger partial charge in [0.05, 0.1) is 22.1 Å². The molecule has 3 N–H and O–H groups in total. The zero-order valence-corrected chi connectivity index (χ0v) is 14.2. The lowest BCUT2D eigenvalue weighted by Crippen LogP contribution is -2.66. The van der Waals surface area contributed by atoms with E-state index < -0.39 is 34.8 Å².